The van der Waals surface area contributed by atoms with E-state index < -0.39 is 11.4 Å². The molecule has 6 nitrogen and oxygen atoms in total. The van der Waals surface area contributed by atoms with Crippen LogP contribution in [0.4, 0.5) is 0 Å². The Bertz CT molecular complexity index is 505. The number of hydrogen-bond donors (Lipinski definition) is 1. The SMILES string of the molecule is CN(C)C(=O)CCCn1ccc(=O)c(C(=O)O)c1. The van der Waals surface area contributed by atoms with Gasteiger partial charge in [0, 0.05) is 45.5 Å². The Morgan fingerprint density at radius 3 is 2.61 bits per heavy atom. The third kappa shape index (κ3) is 3.73. The topological polar surface area (TPSA) is 79.6 Å². The van der Waals surface area contributed by atoms with Gasteiger partial charge < -0.3 is 14.6 Å². The highest BCUT2D eigenvalue weighted by molar-refractivity contribution is 5.86. The number of pyridine rings is 1. The van der Waals surface area contributed by atoms with Gasteiger partial charge in [-0.15, -0.1) is 0 Å². The van der Waals surface area contributed by atoms with E-state index in [1.165, 1.54) is 23.4 Å². The van der Waals surface area contributed by atoms with Crippen molar-refractivity contribution in [3.63, 3.8) is 0 Å². The van der Waals surface area contributed by atoms with Crippen LogP contribution in [-0.2, 0) is 11.3 Å². The second kappa shape index (κ2) is 6.00. The van der Waals surface area contributed by atoms with Crippen LogP contribution in [-0.4, -0.2) is 40.5 Å². The molecule has 0 atom stereocenters. The first-order valence-corrected chi connectivity index (χ1v) is 5.55. The Morgan fingerprint density at radius 1 is 1.39 bits per heavy atom. The van der Waals surface area contributed by atoms with E-state index in [2.05, 4.69) is 0 Å². The van der Waals surface area contributed by atoms with Crippen LogP contribution in [0.1, 0.15) is 23.2 Å². The van der Waals surface area contributed by atoms with E-state index in [1.54, 1.807) is 18.7 Å². The minimum absolute atomic E-state index is 0.0227. The highest BCUT2D eigenvalue weighted by Gasteiger charge is 2.08. The van der Waals surface area contributed by atoms with Crippen LogP contribution < -0.4 is 5.43 Å². The number of amides is 1. The molecule has 0 aliphatic heterocycles. The summed E-state index contributed by atoms with van der Waals surface area (Å²) in [5, 5.41) is 8.80. The molecule has 0 aliphatic rings. The predicted molar refractivity (Wildman–Crippen MR) is 65.6 cm³/mol. The molecule has 1 aromatic heterocycles. The zero-order chi connectivity index (χ0) is 13.7. The number of aromatic nitrogens is 1. The van der Waals surface area contributed by atoms with Gasteiger partial charge in [-0.2, -0.15) is 0 Å². The van der Waals surface area contributed by atoms with Gasteiger partial charge >= 0.3 is 5.97 Å². The molecule has 0 spiro atoms. The van der Waals surface area contributed by atoms with Crippen LogP contribution in [0.5, 0.6) is 0 Å². The van der Waals surface area contributed by atoms with E-state index in [9.17, 15) is 14.4 Å². The first kappa shape index (κ1) is 14.0. The monoisotopic (exact) mass is 252 g/mol. The normalized spacial score (nSPS) is 10.1. The van der Waals surface area contributed by atoms with Crippen LogP contribution in [0, 0.1) is 0 Å². The summed E-state index contributed by atoms with van der Waals surface area (Å²) >= 11 is 0. The van der Waals surface area contributed by atoms with E-state index in [4.69, 9.17) is 5.11 Å². The summed E-state index contributed by atoms with van der Waals surface area (Å²) in [6, 6.07) is 1.22. The van der Waals surface area contributed by atoms with Crippen molar-refractivity contribution in [2.24, 2.45) is 0 Å². The van der Waals surface area contributed by atoms with Gasteiger partial charge in [-0.3, -0.25) is 9.59 Å². The zero-order valence-corrected chi connectivity index (χ0v) is 10.4. The minimum atomic E-state index is -1.24. The molecule has 0 bridgehead atoms. The van der Waals surface area contributed by atoms with Gasteiger partial charge in [-0.05, 0) is 6.42 Å². The molecule has 1 N–H and O–H groups in total. The second-order valence-corrected chi connectivity index (χ2v) is 4.16. The summed E-state index contributed by atoms with van der Waals surface area (Å²) in [5.74, 6) is -1.21. The highest BCUT2D eigenvalue weighted by atomic mass is 16.4. The molecule has 0 radical (unpaired) electrons. The third-order valence-electron chi connectivity index (χ3n) is 2.51. The number of nitrogens with zero attached hydrogens (tertiary/aromatic N) is 2. The van der Waals surface area contributed by atoms with Crippen molar-refractivity contribution in [2.75, 3.05) is 14.1 Å². The molecule has 0 aromatic carbocycles. The van der Waals surface area contributed by atoms with Crippen molar-refractivity contribution in [3.8, 4) is 0 Å². The minimum Gasteiger partial charge on any atom is -0.477 e. The van der Waals surface area contributed by atoms with Gasteiger partial charge in [-0.25, -0.2) is 4.79 Å². The Morgan fingerprint density at radius 2 is 2.06 bits per heavy atom. The average Bonchev–Trinajstić information content (AvgIpc) is 2.30. The van der Waals surface area contributed by atoms with Gasteiger partial charge in [0.05, 0.1) is 0 Å². The third-order valence-corrected chi connectivity index (χ3v) is 2.51. The Balaban J connectivity index is 2.64. The van der Waals surface area contributed by atoms with E-state index in [1.807, 2.05) is 0 Å². The zero-order valence-electron chi connectivity index (χ0n) is 10.4. The molecular formula is C12H16N2O4. The van der Waals surface area contributed by atoms with E-state index in [0.717, 1.165) is 0 Å². The maximum atomic E-state index is 11.3. The van der Waals surface area contributed by atoms with E-state index in [-0.39, 0.29) is 11.5 Å². The van der Waals surface area contributed by atoms with Crippen LogP contribution in [0.2, 0.25) is 0 Å². The molecule has 98 valence electrons. The number of rotatable bonds is 5. The van der Waals surface area contributed by atoms with Crippen LogP contribution in [0.3, 0.4) is 0 Å². The molecule has 0 saturated carbocycles. The Labute approximate surface area is 104 Å². The van der Waals surface area contributed by atoms with Crippen molar-refractivity contribution < 1.29 is 14.7 Å². The Kier molecular flexibility index (Phi) is 4.65. The molecule has 18 heavy (non-hydrogen) atoms. The maximum Gasteiger partial charge on any atom is 0.341 e. The Hall–Kier alpha value is -2.11. The van der Waals surface area contributed by atoms with Crippen LogP contribution in [0.25, 0.3) is 0 Å². The number of carbonyl (C=O) groups excluding carboxylic acids is 1. The maximum absolute atomic E-state index is 11.3. The summed E-state index contributed by atoms with van der Waals surface area (Å²) in [7, 11) is 3.37. The summed E-state index contributed by atoms with van der Waals surface area (Å²) in [5.41, 5.74) is -0.764. The fraction of sp³-hybridized carbons (Fsp3) is 0.417. The first-order chi connectivity index (χ1) is 8.41. The molecule has 0 saturated heterocycles. The molecule has 1 rings (SSSR count). The van der Waals surface area contributed by atoms with Crippen LogP contribution in [0.15, 0.2) is 23.3 Å². The van der Waals surface area contributed by atoms with E-state index in [0.29, 0.717) is 19.4 Å². The van der Waals surface area contributed by atoms with Gasteiger partial charge in [0.25, 0.3) is 0 Å². The smallest absolute Gasteiger partial charge is 0.341 e. The summed E-state index contributed by atoms with van der Waals surface area (Å²) < 4.78 is 1.60. The molecule has 1 amide bonds. The lowest BCUT2D eigenvalue weighted by atomic mass is 10.2. The molecular weight excluding hydrogens is 236 g/mol. The molecule has 6 heteroatoms. The largest absolute Gasteiger partial charge is 0.477 e. The number of carboxylic acids is 1. The molecule has 1 aromatic rings. The first-order valence-electron chi connectivity index (χ1n) is 5.55. The van der Waals surface area contributed by atoms with Crippen molar-refractivity contribution >= 4 is 11.9 Å². The lowest BCUT2D eigenvalue weighted by Crippen LogP contribution is -2.22. The predicted octanol–water partition coefficient (Wildman–Crippen LogP) is 0.415. The summed E-state index contributed by atoms with van der Waals surface area (Å²) in [6.45, 7) is 0.500. The van der Waals surface area contributed by atoms with Gasteiger partial charge in [0.2, 0.25) is 5.91 Å². The highest BCUT2D eigenvalue weighted by Crippen LogP contribution is 1.99. The summed E-state index contributed by atoms with van der Waals surface area (Å²) in [6.07, 6.45) is 3.81. The van der Waals surface area contributed by atoms with Crippen molar-refractivity contribution in [2.45, 2.75) is 19.4 Å². The molecule has 1 heterocycles. The average molecular weight is 252 g/mol. The number of aromatic carboxylic acids is 1. The lowest BCUT2D eigenvalue weighted by molar-refractivity contribution is -0.128. The quantitative estimate of drug-likeness (QED) is 0.823. The summed E-state index contributed by atoms with van der Waals surface area (Å²) in [4.78, 5) is 34.8. The number of hydrogen-bond acceptors (Lipinski definition) is 3. The standard InChI is InChI=1S/C12H16N2O4/c1-13(2)11(16)4-3-6-14-7-5-10(15)9(8-14)12(17)18/h5,7-8H,3-4,6H2,1-2H3,(H,17,18). The van der Waals surface area contributed by atoms with E-state index >= 15 is 0 Å². The van der Waals surface area contributed by atoms with Gasteiger partial charge in [0.1, 0.15) is 5.56 Å². The van der Waals surface area contributed by atoms with Gasteiger partial charge in [0.15, 0.2) is 5.43 Å². The van der Waals surface area contributed by atoms with Crippen LogP contribution >= 0.6 is 0 Å². The molecule has 0 unspecified atom stereocenters. The van der Waals surface area contributed by atoms with Crippen molar-refractivity contribution in [1.29, 1.82) is 0 Å². The number of carbonyl (C=O) groups is 2. The van der Waals surface area contributed by atoms with Gasteiger partial charge in [-0.1, -0.05) is 0 Å². The number of aryl methyl sites for hydroxylation is 1. The fourth-order valence-corrected chi connectivity index (χ4v) is 1.46. The lowest BCUT2D eigenvalue weighted by Gasteiger charge is -2.11. The molecule has 0 aliphatic carbocycles. The fourth-order valence-electron chi connectivity index (χ4n) is 1.46. The number of carboxylic acid groups (broad SMARTS) is 1. The van der Waals surface area contributed by atoms with Crippen molar-refractivity contribution in [1.82, 2.24) is 9.47 Å². The van der Waals surface area contributed by atoms with Crippen molar-refractivity contribution in [3.05, 3.63) is 34.2 Å². The molecule has 0 fully saturated rings. The second-order valence-electron chi connectivity index (χ2n) is 4.16.